The summed E-state index contributed by atoms with van der Waals surface area (Å²) in [5, 5.41) is 16.4. The highest BCUT2D eigenvalue weighted by molar-refractivity contribution is 7.91. The number of benzene rings is 4. The number of anilines is 4. The number of Topliss-reactive ketones (excluding diaryl/α,β-unsaturated/α-hetero) is 2. The molecule has 4 aromatic carbocycles. The van der Waals surface area contributed by atoms with Crippen molar-refractivity contribution < 1.29 is 58.1 Å². The number of rotatable bonds is 12. The van der Waals surface area contributed by atoms with E-state index in [9.17, 15) is 58.1 Å². The molecule has 0 spiro atoms. The zero-order valence-corrected chi connectivity index (χ0v) is 39.5. The van der Waals surface area contributed by atoms with E-state index in [-0.39, 0.29) is 62.2 Å². The second kappa shape index (κ2) is 18.8. The van der Waals surface area contributed by atoms with Gasteiger partial charge in [-0.3, -0.25) is 54.5 Å². The molecule has 4 aromatic rings. The lowest BCUT2D eigenvalue weighted by molar-refractivity contribution is -0.111. The monoisotopic (exact) mass is 1030 g/mol. The van der Waals surface area contributed by atoms with Gasteiger partial charge < -0.3 is 11.5 Å². The summed E-state index contributed by atoms with van der Waals surface area (Å²) in [7, 11) is -15.1. The molecular formula is C46H36N10O13S3. The molecule has 0 bridgehead atoms. The van der Waals surface area contributed by atoms with Gasteiger partial charge in [0.1, 0.15) is 21.2 Å². The second-order valence-corrected chi connectivity index (χ2v) is 20.1. The summed E-state index contributed by atoms with van der Waals surface area (Å²) in [4.78, 5) is 48.6. The summed E-state index contributed by atoms with van der Waals surface area (Å²) >= 11 is 0. The molecule has 0 aliphatic heterocycles. The number of nitrogens with one attached hydrogen (secondary N) is 4. The van der Waals surface area contributed by atoms with Gasteiger partial charge in [0, 0.05) is 17.7 Å². The Morgan fingerprint density at radius 1 is 0.486 bits per heavy atom. The topological polar surface area (TPSA) is 381 Å². The minimum absolute atomic E-state index is 0.00954. The van der Waals surface area contributed by atoms with Crippen molar-refractivity contribution in [3.63, 3.8) is 0 Å². The van der Waals surface area contributed by atoms with E-state index in [1.54, 1.807) is 50.2 Å². The second-order valence-electron chi connectivity index (χ2n) is 15.9. The summed E-state index contributed by atoms with van der Waals surface area (Å²) in [6.45, 7) is 3.38. The first-order valence-corrected chi connectivity index (χ1v) is 24.9. The summed E-state index contributed by atoms with van der Waals surface area (Å²) in [5.41, 5.74) is 23.8. The van der Waals surface area contributed by atoms with Crippen LogP contribution in [0.4, 0.5) is 22.7 Å². The number of ketones is 4. The maximum absolute atomic E-state index is 14.1. The van der Waals surface area contributed by atoms with E-state index in [1.165, 1.54) is 42.5 Å². The van der Waals surface area contributed by atoms with Crippen LogP contribution in [0.5, 0.6) is 0 Å². The number of allylic oxidation sites excluding steroid dienone is 8. The molecule has 0 heterocycles. The van der Waals surface area contributed by atoms with E-state index in [2.05, 4.69) is 42.1 Å². The number of hydrogen-bond donors (Lipinski definition) is 9. The quantitative estimate of drug-likeness (QED) is 0.0535. The number of nitrogens with zero attached hydrogens (tertiary/aromatic N) is 4. The average molecular weight is 1030 g/mol. The van der Waals surface area contributed by atoms with Crippen LogP contribution in [0, 0.1) is 13.8 Å². The number of carbonyl (C=O) groups is 4. The van der Waals surface area contributed by atoms with E-state index in [4.69, 9.17) is 11.5 Å². The lowest BCUT2D eigenvalue weighted by Crippen LogP contribution is -2.28. The molecule has 4 aliphatic carbocycles. The number of fused-ring (bicyclic) bond motifs is 2. The van der Waals surface area contributed by atoms with Gasteiger partial charge in [-0.05, 0) is 132 Å². The van der Waals surface area contributed by atoms with Gasteiger partial charge in [0.05, 0.1) is 44.6 Å². The zero-order valence-electron chi connectivity index (χ0n) is 37.1. The highest BCUT2D eigenvalue weighted by Gasteiger charge is 2.36. The first-order valence-electron chi connectivity index (χ1n) is 20.6. The number of aryl methyl sites for hydroxylation is 2. The molecule has 72 heavy (non-hydrogen) atoms. The molecule has 0 atom stereocenters. The smallest absolute Gasteiger partial charge is 0.296 e. The highest BCUT2D eigenvalue weighted by Crippen LogP contribution is 2.35. The van der Waals surface area contributed by atoms with E-state index in [1.807, 2.05) is 0 Å². The lowest BCUT2D eigenvalue weighted by atomic mass is 9.93. The number of hydrogen-bond acceptors (Lipinski definition) is 20. The molecule has 0 radical (unpaired) electrons. The Kier molecular flexibility index (Phi) is 13.0. The van der Waals surface area contributed by atoms with Crippen LogP contribution >= 0.6 is 0 Å². The fraction of sp³-hybridized carbons (Fsp3) is 0.0435. The number of nitrogens with two attached hydrogens (primary N) is 2. The fourth-order valence-electron chi connectivity index (χ4n) is 7.37. The van der Waals surface area contributed by atoms with Crippen LogP contribution in [0.15, 0.2) is 150 Å². The third-order valence-corrected chi connectivity index (χ3v) is 13.5. The Morgan fingerprint density at radius 3 is 1.46 bits per heavy atom. The Hall–Kier alpha value is -8.79. The van der Waals surface area contributed by atoms with Crippen LogP contribution in [0.1, 0.15) is 43.0 Å². The summed E-state index contributed by atoms with van der Waals surface area (Å²) < 4.78 is 105. The predicted molar refractivity (Wildman–Crippen MR) is 269 cm³/mol. The summed E-state index contributed by atoms with van der Waals surface area (Å²) in [5.74, 6) is -2.69. The SMILES string of the molecule is Cc1cc(-c2ccc(N/N=C3\C(=O)c4cc(N/N=C5\C=CC(=O)C=C5N)ccc4C=C3S(=O)(=O)O)c(C)c2)ccc1N/N=C1/C(=O)c2c(cc(S(=O)(=O)O)cc2N/N=C2/C=CC(=O)C=C2N)C=C1S(=O)(=O)O. The van der Waals surface area contributed by atoms with Gasteiger partial charge in [-0.2, -0.15) is 45.7 Å². The molecular weight excluding hydrogens is 997 g/mol. The molecule has 0 saturated heterocycles. The van der Waals surface area contributed by atoms with Crippen LogP contribution in [-0.4, -0.2) is 84.9 Å². The first-order chi connectivity index (χ1) is 33.8. The molecule has 4 aliphatic rings. The van der Waals surface area contributed by atoms with Crippen LogP contribution in [0.25, 0.3) is 23.3 Å². The Morgan fingerprint density at radius 2 is 0.972 bits per heavy atom. The summed E-state index contributed by atoms with van der Waals surface area (Å²) in [6, 6.07) is 16.0. The van der Waals surface area contributed by atoms with Gasteiger partial charge in [0.15, 0.2) is 23.0 Å². The molecule has 0 fully saturated rings. The van der Waals surface area contributed by atoms with Crippen molar-refractivity contribution in [2.45, 2.75) is 18.7 Å². The average Bonchev–Trinajstić information content (AvgIpc) is 3.29. The zero-order chi connectivity index (χ0) is 52.0. The molecule has 366 valence electrons. The van der Waals surface area contributed by atoms with Gasteiger partial charge in [-0.25, -0.2) is 0 Å². The maximum Gasteiger partial charge on any atom is 0.296 e. The molecule has 11 N–H and O–H groups in total. The van der Waals surface area contributed by atoms with Crippen molar-refractivity contribution in [1.82, 2.24) is 0 Å². The van der Waals surface area contributed by atoms with E-state index in [0.29, 0.717) is 33.6 Å². The fourth-order valence-corrected chi connectivity index (χ4v) is 9.23. The Balaban J connectivity index is 1.03. The lowest BCUT2D eigenvalue weighted by Gasteiger charge is -2.20. The van der Waals surface area contributed by atoms with Crippen molar-refractivity contribution in [2.75, 3.05) is 21.7 Å². The van der Waals surface area contributed by atoms with Crippen LogP contribution in [0.2, 0.25) is 0 Å². The third kappa shape index (κ3) is 10.4. The molecule has 8 rings (SSSR count). The van der Waals surface area contributed by atoms with Crippen molar-refractivity contribution in [3.8, 4) is 11.1 Å². The molecule has 0 saturated carbocycles. The van der Waals surface area contributed by atoms with Crippen molar-refractivity contribution in [3.05, 3.63) is 158 Å². The van der Waals surface area contributed by atoms with Gasteiger partial charge in [-0.1, -0.05) is 18.2 Å². The van der Waals surface area contributed by atoms with Gasteiger partial charge >= 0.3 is 0 Å². The van der Waals surface area contributed by atoms with E-state index in [0.717, 1.165) is 36.4 Å². The standard InChI is InChI=1S/C46H36N10O13S3/c1-22-13-24(4-9-35(22)50-55-43-40(71(64,65)66)16-26-3-6-28(18-32(26)45(43)59)49-52-37-11-7-29(57)19-33(37)47)25-5-10-36(23(2)14-25)51-56-44-41(72(67,68)69)17-27-15-31(70(61,62)63)21-39(42(27)46(44)60)54-53-38-12-8-30(58)20-34(38)48/h3-21,49-51,54H,47-48H2,1-2H3,(H,61,62,63)(H,64,65,66)(H,67,68,69)/b52-37+,53-38-,55-43-,56-44+. The van der Waals surface area contributed by atoms with Crippen molar-refractivity contribution in [2.24, 2.45) is 31.9 Å². The number of carbonyl (C=O) groups excluding carboxylic acids is 4. The molecule has 0 amide bonds. The molecule has 0 unspecified atom stereocenters. The third-order valence-electron chi connectivity index (χ3n) is 11.0. The Labute approximate surface area is 408 Å². The van der Waals surface area contributed by atoms with Crippen LogP contribution < -0.4 is 33.2 Å². The van der Waals surface area contributed by atoms with E-state index >= 15 is 0 Å². The van der Waals surface area contributed by atoms with Gasteiger partial charge in [0.25, 0.3) is 30.4 Å². The normalized spacial score (nSPS) is 18.1. The van der Waals surface area contributed by atoms with Gasteiger partial charge in [0.2, 0.25) is 11.6 Å². The highest BCUT2D eigenvalue weighted by atomic mass is 32.2. The molecule has 23 nitrogen and oxygen atoms in total. The van der Waals surface area contributed by atoms with Crippen molar-refractivity contribution >= 4 is 111 Å². The summed E-state index contributed by atoms with van der Waals surface area (Å²) in [6.07, 6.45) is 9.22. The minimum Gasteiger partial charge on any atom is -0.397 e. The first kappa shape index (κ1) is 49.6. The largest absolute Gasteiger partial charge is 0.397 e. The van der Waals surface area contributed by atoms with Crippen molar-refractivity contribution in [1.29, 1.82) is 0 Å². The minimum atomic E-state index is -5.21. The molecule has 26 heteroatoms. The van der Waals surface area contributed by atoms with Gasteiger partial charge in [-0.15, -0.1) is 0 Å². The van der Waals surface area contributed by atoms with Crippen LogP contribution in [-0.2, 0) is 39.9 Å². The van der Waals surface area contributed by atoms with E-state index < -0.39 is 73.8 Å². The predicted octanol–water partition coefficient (Wildman–Crippen LogP) is 4.50. The maximum atomic E-state index is 14.1. The Bertz CT molecular complexity index is 3840. The molecule has 0 aromatic heterocycles. The number of hydrazone groups is 4. The van der Waals surface area contributed by atoms with Crippen LogP contribution in [0.3, 0.4) is 0 Å².